The molecule has 2 amide bonds. The maximum atomic E-state index is 12.9. The van der Waals surface area contributed by atoms with Crippen molar-refractivity contribution in [2.24, 2.45) is 0 Å². The number of thioether (sulfide) groups is 1. The first-order valence-corrected chi connectivity index (χ1v) is 9.36. The van der Waals surface area contributed by atoms with E-state index in [0.29, 0.717) is 12.2 Å². The molecule has 2 atom stereocenters. The number of para-hydroxylation sites is 1. The Kier molecular flexibility index (Phi) is 4.41. The van der Waals surface area contributed by atoms with Gasteiger partial charge in [0.15, 0.2) is 0 Å². The van der Waals surface area contributed by atoms with E-state index in [9.17, 15) is 9.59 Å². The summed E-state index contributed by atoms with van der Waals surface area (Å²) < 4.78 is 0. The van der Waals surface area contributed by atoms with Gasteiger partial charge in [-0.15, -0.1) is 11.8 Å². The average Bonchev–Trinajstić information content (AvgIpc) is 3.04. The van der Waals surface area contributed by atoms with E-state index in [0.717, 1.165) is 36.1 Å². The molecule has 1 aromatic rings. The van der Waals surface area contributed by atoms with Gasteiger partial charge < -0.3 is 10.2 Å². The number of nitrogens with zero attached hydrogens (tertiary/aromatic N) is 1. The van der Waals surface area contributed by atoms with Crippen molar-refractivity contribution < 1.29 is 9.59 Å². The smallest absolute Gasteiger partial charge is 0.248 e. The number of carbonyl (C=O) groups is 2. The Morgan fingerprint density at radius 2 is 2.00 bits per heavy atom. The van der Waals surface area contributed by atoms with E-state index in [1.807, 2.05) is 11.0 Å². The summed E-state index contributed by atoms with van der Waals surface area (Å²) >= 11 is 1.73. The average molecular weight is 332 g/mol. The highest BCUT2D eigenvalue weighted by molar-refractivity contribution is 8.01. The van der Waals surface area contributed by atoms with Gasteiger partial charge in [-0.05, 0) is 37.3 Å². The second-order valence-electron chi connectivity index (χ2n) is 6.41. The van der Waals surface area contributed by atoms with Gasteiger partial charge in [0, 0.05) is 17.9 Å². The zero-order chi connectivity index (χ0) is 16.6. The van der Waals surface area contributed by atoms with Crippen LogP contribution in [0.15, 0.2) is 18.2 Å². The predicted octanol–water partition coefficient (Wildman–Crippen LogP) is 3.20. The molecule has 0 aromatic heterocycles. The van der Waals surface area contributed by atoms with Gasteiger partial charge in [-0.1, -0.05) is 32.0 Å². The van der Waals surface area contributed by atoms with Crippen molar-refractivity contribution in [3.05, 3.63) is 29.3 Å². The first-order chi connectivity index (χ1) is 11.0. The molecule has 0 radical (unpaired) electrons. The molecule has 0 spiro atoms. The maximum absolute atomic E-state index is 12.9. The topological polar surface area (TPSA) is 49.4 Å². The van der Waals surface area contributed by atoms with Crippen molar-refractivity contribution >= 4 is 29.3 Å². The van der Waals surface area contributed by atoms with E-state index in [-0.39, 0.29) is 22.7 Å². The monoisotopic (exact) mass is 332 g/mol. The lowest BCUT2D eigenvalue weighted by atomic mass is 10.0. The van der Waals surface area contributed by atoms with Gasteiger partial charge >= 0.3 is 0 Å². The number of amides is 2. The van der Waals surface area contributed by atoms with Crippen molar-refractivity contribution in [2.75, 3.05) is 11.1 Å². The number of fused-ring (bicyclic) bond motifs is 1. The molecule has 0 bridgehead atoms. The third kappa shape index (κ3) is 2.75. The molecule has 2 saturated heterocycles. The number of benzene rings is 1. The lowest BCUT2D eigenvalue weighted by molar-refractivity contribution is -0.135. The molecule has 1 N–H and O–H groups in total. The minimum atomic E-state index is -0.352. The lowest BCUT2D eigenvalue weighted by Crippen LogP contribution is -2.48. The second kappa shape index (κ2) is 6.19. The zero-order valence-corrected chi connectivity index (χ0v) is 14.8. The van der Waals surface area contributed by atoms with Crippen LogP contribution in [0.5, 0.6) is 0 Å². The highest BCUT2D eigenvalue weighted by Gasteiger charge is 2.52. The summed E-state index contributed by atoms with van der Waals surface area (Å²) in [7, 11) is 0. The molecule has 2 aliphatic rings. The van der Waals surface area contributed by atoms with Crippen molar-refractivity contribution in [1.82, 2.24) is 4.90 Å². The van der Waals surface area contributed by atoms with Crippen LogP contribution < -0.4 is 5.32 Å². The fourth-order valence-electron chi connectivity index (χ4n) is 3.62. The highest BCUT2D eigenvalue weighted by Crippen LogP contribution is 2.47. The van der Waals surface area contributed by atoms with Gasteiger partial charge in [0.05, 0.1) is 4.87 Å². The standard InChI is InChI=1S/C18H24N2O2S/c1-4-12-7-6-8-13(5-2)16(12)19-17(22)14-11-23-18(3)10-9-15(21)20(14)18/h6-8,14H,4-5,9-11H2,1-3H3,(H,19,22)/t14-,18-/m0/s1. The summed E-state index contributed by atoms with van der Waals surface area (Å²) in [5.41, 5.74) is 3.24. The van der Waals surface area contributed by atoms with Gasteiger partial charge in [-0.2, -0.15) is 0 Å². The summed E-state index contributed by atoms with van der Waals surface area (Å²) in [5, 5.41) is 3.13. The number of hydrogen-bond acceptors (Lipinski definition) is 3. The van der Waals surface area contributed by atoms with Crippen LogP contribution >= 0.6 is 11.8 Å². The van der Waals surface area contributed by atoms with Gasteiger partial charge in [0.25, 0.3) is 0 Å². The molecule has 124 valence electrons. The number of aryl methyl sites for hydroxylation is 2. The Hall–Kier alpha value is -1.49. The van der Waals surface area contributed by atoms with Crippen molar-refractivity contribution in [3.63, 3.8) is 0 Å². The summed E-state index contributed by atoms with van der Waals surface area (Å²) in [6, 6.07) is 5.81. The van der Waals surface area contributed by atoms with Crippen LogP contribution in [-0.2, 0) is 22.4 Å². The van der Waals surface area contributed by atoms with E-state index < -0.39 is 0 Å². The SMILES string of the molecule is CCc1cccc(CC)c1NC(=O)[C@@H]1CS[C@@]2(C)CCC(=O)N12. The maximum Gasteiger partial charge on any atom is 0.248 e. The molecule has 0 aliphatic carbocycles. The number of nitrogens with one attached hydrogen (secondary N) is 1. The molecule has 2 heterocycles. The fourth-order valence-corrected chi connectivity index (χ4v) is 5.06. The Morgan fingerprint density at radius 1 is 1.35 bits per heavy atom. The third-order valence-corrected chi connectivity index (χ3v) is 6.50. The van der Waals surface area contributed by atoms with Crippen LogP contribution in [0.3, 0.4) is 0 Å². The van der Waals surface area contributed by atoms with Crippen molar-refractivity contribution in [3.8, 4) is 0 Å². The minimum Gasteiger partial charge on any atom is -0.324 e. The molecule has 3 rings (SSSR count). The molecule has 4 nitrogen and oxygen atoms in total. The van der Waals surface area contributed by atoms with Crippen LogP contribution in [0.2, 0.25) is 0 Å². The summed E-state index contributed by atoms with van der Waals surface area (Å²) in [5.74, 6) is 0.744. The molecule has 1 aromatic carbocycles. The zero-order valence-electron chi connectivity index (χ0n) is 14.0. The number of anilines is 1. The predicted molar refractivity (Wildman–Crippen MR) is 94.6 cm³/mol. The van der Waals surface area contributed by atoms with Crippen LogP contribution in [0, 0.1) is 0 Å². The molecule has 2 aliphatic heterocycles. The van der Waals surface area contributed by atoms with E-state index in [4.69, 9.17) is 0 Å². The quantitative estimate of drug-likeness (QED) is 0.921. The fraction of sp³-hybridized carbons (Fsp3) is 0.556. The van der Waals surface area contributed by atoms with Gasteiger partial charge in [0.2, 0.25) is 11.8 Å². The normalized spacial score (nSPS) is 26.5. The van der Waals surface area contributed by atoms with Crippen molar-refractivity contribution in [1.29, 1.82) is 0 Å². The second-order valence-corrected chi connectivity index (χ2v) is 7.91. The summed E-state index contributed by atoms with van der Waals surface area (Å²) in [6.45, 7) is 6.27. The van der Waals surface area contributed by atoms with Gasteiger partial charge in [0.1, 0.15) is 6.04 Å². The van der Waals surface area contributed by atoms with Crippen LogP contribution in [0.4, 0.5) is 5.69 Å². The number of hydrogen-bond donors (Lipinski definition) is 1. The Bertz CT molecular complexity index is 624. The third-order valence-electron chi connectivity index (χ3n) is 4.99. The first-order valence-electron chi connectivity index (χ1n) is 8.38. The largest absolute Gasteiger partial charge is 0.324 e. The summed E-state index contributed by atoms with van der Waals surface area (Å²) in [6.07, 6.45) is 3.15. The lowest BCUT2D eigenvalue weighted by Gasteiger charge is -2.30. The molecular weight excluding hydrogens is 308 g/mol. The molecular formula is C18H24N2O2S. The Balaban J connectivity index is 1.84. The van der Waals surface area contributed by atoms with E-state index >= 15 is 0 Å². The Labute approximate surface area is 142 Å². The summed E-state index contributed by atoms with van der Waals surface area (Å²) in [4.78, 5) is 26.7. The van der Waals surface area contributed by atoms with E-state index in [1.54, 1.807) is 11.8 Å². The Morgan fingerprint density at radius 3 is 2.61 bits per heavy atom. The number of rotatable bonds is 4. The highest BCUT2D eigenvalue weighted by atomic mass is 32.2. The van der Waals surface area contributed by atoms with Gasteiger partial charge in [-0.25, -0.2) is 0 Å². The van der Waals surface area contributed by atoms with Crippen LogP contribution in [0.1, 0.15) is 44.7 Å². The molecule has 0 saturated carbocycles. The number of carbonyl (C=O) groups excluding carboxylic acids is 2. The van der Waals surface area contributed by atoms with Crippen molar-refractivity contribution in [2.45, 2.75) is 57.4 Å². The molecule has 5 heteroatoms. The molecule has 0 unspecified atom stereocenters. The van der Waals surface area contributed by atoms with E-state index in [1.165, 1.54) is 0 Å². The van der Waals surface area contributed by atoms with Crippen LogP contribution in [-0.4, -0.2) is 33.4 Å². The minimum absolute atomic E-state index is 0.0490. The molecule has 23 heavy (non-hydrogen) atoms. The first kappa shape index (κ1) is 16.4. The molecule has 2 fully saturated rings. The van der Waals surface area contributed by atoms with Gasteiger partial charge in [-0.3, -0.25) is 9.59 Å². The van der Waals surface area contributed by atoms with E-state index in [2.05, 4.69) is 38.2 Å². The van der Waals surface area contributed by atoms with Crippen LogP contribution in [0.25, 0.3) is 0 Å².